The highest BCUT2D eigenvalue weighted by molar-refractivity contribution is 5.85. The second-order valence-corrected chi connectivity index (χ2v) is 6.68. The molecule has 0 bridgehead atoms. The number of hydrogen-bond acceptors (Lipinski definition) is 4. The summed E-state index contributed by atoms with van der Waals surface area (Å²) in [5.41, 5.74) is 0. The molecular weight excluding hydrogens is 380 g/mol. The van der Waals surface area contributed by atoms with Crippen LogP contribution in [-0.2, 0) is 9.59 Å². The van der Waals surface area contributed by atoms with Gasteiger partial charge in [0, 0.05) is 38.3 Å². The Balaban J connectivity index is 0.00000261. The van der Waals surface area contributed by atoms with Crippen LogP contribution >= 0.6 is 12.4 Å². The average molecular weight is 404 g/mol. The molecule has 150 valence electrons. The Labute approximate surface area is 163 Å². The first kappa shape index (κ1) is 21.4. The van der Waals surface area contributed by atoms with Crippen molar-refractivity contribution in [3.8, 4) is 5.75 Å². The largest absolute Gasteiger partial charge is 0.481 e. The van der Waals surface area contributed by atoms with Crippen molar-refractivity contribution in [2.45, 2.75) is 31.9 Å². The van der Waals surface area contributed by atoms with Crippen LogP contribution in [0.3, 0.4) is 0 Å². The first-order valence-electron chi connectivity index (χ1n) is 8.86. The molecule has 27 heavy (non-hydrogen) atoms. The van der Waals surface area contributed by atoms with Crippen LogP contribution in [0.4, 0.5) is 8.78 Å². The van der Waals surface area contributed by atoms with Gasteiger partial charge in [-0.25, -0.2) is 8.78 Å². The Morgan fingerprint density at radius 1 is 1.30 bits per heavy atom. The van der Waals surface area contributed by atoms with Crippen molar-refractivity contribution < 1.29 is 23.1 Å². The Morgan fingerprint density at radius 3 is 2.78 bits per heavy atom. The molecule has 0 saturated carbocycles. The molecule has 2 aliphatic rings. The molecule has 2 fully saturated rings. The van der Waals surface area contributed by atoms with E-state index in [0.717, 1.165) is 31.5 Å². The molecule has 2 aliphatic heterocycles. The van der Waals surface area contributed by atoms with E-state index in [1.807, 2.05) is 4.90 Å². The fourth-order valence-electron chi connectivity index (χ4n) is 3.48. The molecule has 0 aliphatic carbocycles. The van der Waals surface area contributed by atoms with Crippen molar-refractivity contribution in [1.29, 1.82) is 0 Å². The van der Waals surface area contributed by atoms with Crippen LogP contribution < -0.4 is 10.1 Å². The van der Waals surface area contributed by atoms with E-state index in [0.29, 0.717) is 26.2 Å². The Morgan fingerprint density at radius 2 is 2.07 bits per heavy atom. The highest BCUT2D eigenvalue weighted by Gasteiger charge is 2.33. The van der Waals surface area contributed by atoms with E-state index in [-0.39, 0.29) is 36.0 Å². The zero-order valence-corrected chi connectivity index (χ0v) is 15.9. The van der Waals surface area contributed by atoms with E-state index in [1.165, 1.54) is 6.07 Å². The number of nitrogens with one attached hydrogen (secondary N) is 1. The highest BCUT2D eigenvalue weighted by atomic mass is 35.5. The van der Waals surface area contributed by atoms with Crippen LogP contribution in [0, 0.1) is 11.6 Å². The number of halogens is 3. The zero-order valence-electron chi connectivity index (χ0n) is 15.1. The molecule has 1 aromatic rings. The second-order valence-electron chi connectivity index (χ2n) is 6.68. The van der Waals surface area contributed by atoms with Crippen LogP contribution in [0.5, 0.6) is 5.75 Å². The first-order chi connectivity index (χ1) is 12.5. The summed E-state index contributed by atoms with van der Waals surface area (Å²) < 4.78 is 31.8. The van der Waals surface area contributed by atoms with Crippen molar-refractivity contribution >= 4 is 24.2 Å². The lowest BCUT2D eigenvalue weighted by atomic mass is 10.0. The number of piperazine rings is 1. The van der Waals surface area contributed by atoms with Gasteiger partial charge < -0.3 is 19.9 Å². The normalized spacial score (nSPS) is 21.4. The fraction of sp³-hybridized carbons (Fsp3) is 0.556. The average Bonchev–Trinajstić information content (AvgIpc) is 2.64. The number of carbonyl (C=O) groups is 2. The van der Waals surface area contributed by atoms with Gasteiger partial charge >= 0.3 is 0 Å². The van der Waals surface area contributed by atoms with E-state index in [2.05, 4.69) is 5.32 Å². The predicted molar refractivity (Wildman–Crippen MR) is 97.9 cm³/mol. The summed E-state index contributed by atoms with van der Waals surface area (Å²) in [5.74, 6) is -2.03. The van der Waals surface area contributed by atoms with Gasteiger partial charge in [-0.1, -0.05) is 0 Å². The zero-order chi connectivity index (χ0) is 18.7. The summed E-state index contributed by atoms with van der Waals surface area (Å²) >= 11 is 0. The van der Waals surface area contributed by atoms with Crippen molar-refractivity contribution in [3.63, 3.8) is 0 Å². The molecule has 2 heterocycles. The van der Waals surface area contributed by atoms with Gasteiger partial charge in [0.2, 0.25) is 5.91 Å². The second kappa shape index (κ2) is 9.32. The summed E-state index contributed by atoms with van der Waals surface area (Å²) in [4.78, 5) is 28.3. The molecule has 1 aromatic carbocycles. The van der Waals surface area contributed by atoms with E-state index >= 15 is 0 Å². The Kier molecular flexibility index (Phi) is 7.38. The molecule has 2 saturated heterocycles. The van der Waals surface area contributed by atoms with E-state index in [1.54, 1.807) is 11.8 Å². The smallest absolute Gasteiger partial charge is 0.263 e. The van der Waals surface area contributed by atoms with Crippen molar-refractivity contribution in [3.05, 3.63) is 29.8 Å². The van der Waals surface area contributed by atoms with Gasteiger partial charge in [-0.15, -0.1) is 12.4 Å². The van der Waals surface area contributed by atoms with Crippen LogP contribution in [0.15, 0.2) is 18.2 Å². The minimum Gasteiger partial charge on any atom is -0.481 e. The lowest BCUT2D eigenvalue weighted by molar-refractivity contribution is -0.144. The maximum Gasteiger partial charge on any atom is 0.263 e. The topological polar surface area (TPSA) is 61.9 Å². The third kappa shape index (κ3) is 5.07. The Hall–Kier alpha value is -1.93. The number of carbonyl (C=O) groups excluding carboxylic acids is 2. The van der Waals surface area contributed by atoms with Crippen LogP contribution in [0.2, 0.25) is 0 Å². The van der Waals surface area contributed by atoms with Crippen LogP contribution in [0.25, 0.3) is 0 Å². The first-order valence-corrected chi connectivity index (χ1v) is 8.86. The number of amides is 2. The number of likely N-dealkylation sites (tertiary alicyclic amines) is 1. The molecule has 6 nitrogen and oxygen atoms in total. The lowest BCUT2D eigenvalue weighted by Gasteiger charge is -2.41. The van der Waals surface area contributed by atoms with Gasteiger partial charge in [-0.05, 0) is 31.9 Å². The third-order valence-corrected chi connectivity index (χ3v) is 4.83. The number of nitrogens with zero attached hydrogens (tertiary/aromatic N) is 2. The van der Waals surface area contributed by atoms with E-state index in [9.17, 15) is 18.4 Å². The highest BCUT2D eigenvalue weighted by Crippen LogP contribution is 2.20. The van der Waals surface area contributed by atoms with Crippen molar-refractivity contribution in [2.24, 2.45) is 0 Å². The standard InChI is InChI=1S/C18H23F2N3O3.ClH/c1-12(26-14-4-5-15(19)16(20)9-14)18(25)22-7-2-3-13(11-22)23-8-6-21-10-17(23)24;/h4-5,9,12-13,21H,2-3,6-8,10-11H2,1H3;1H. The maximum absolute atomic E-state index is 13.3. The molecule has 1 N–H and O–H groups in total. The van der Waals surface area contributed by atoms with Crippen molar-refractivity contribution in [2.75, 3.05) is 32.7 Å². The molecule has 2 atom stereocenters. The molecule has 9 heteroatoms. The summed E-state index contributed by atoms with van der Waals surface area (Å²) in [6.45, 7) is 4.39. The van der Waals surface area contributed by atoms with Crippen LogP contribution in [-0.4, -0.2) is 66.5 Å². The molecule has 2 unspecified atom stereocenters. The van der Waals surface area contributed by atoms with Gasteiger partial charge in [-0.2, -0.15) is 0 Å². The number of benzene rings is 1. The lowest BCUT2D eigenvalue weighted by Crippen LogP contribution is -2.58. The molecule has 3 rings (SSSR count). The monoisotopic (exact) mass is 403 g/mol. The molecule has 0 radical (unpaired) electrons. The quantitative estimate of drug-likeness (QED) is 0.829. The molecular formula is C18H24ClF2N3O3. The minimum absolute atomic E-state index is 0. The summed E-state index contributed by atoms with van der Waals surface area (Å²) in [6, 6.07) is 3.20. The number of ether oxygens (including phenoxy) is 1. The van der Waals surface area contributed by atoms with Crippen LogP contribution in [0.1, 0.15) is 19.8 Å². The van der Waals surface area contributed by atoms with Gasteiger partial charge in [0.15, 0.2) is 17.7 Å². The summed E-state index contributed by atoms with van der Waals surface area (Å²) in [7, 11) is 0. The van der Waals surface area contributed by atoms with Gasteiger partial charge in [0.1, 0.15) is 5.75 Å². The Bertz CT molecular complexity index is 692. The number of rotatable bonds is 4. The van der Waals surface area contributed by atoms with Crippen molar-refractivity contribution in [1.82, 2.24) is 15.1 Å². The molecule has 0 spiro atoms. The summed E-state index contributed by atoms with van der Waals surface area (Å²) in [6.07, 6.45) is 0.858. The third-order valence-electron chi connectivity index (χ3n) is 4.83. The number of hydrogen-bond donors (Lipinski definition) is 1. The fourth-order valence-corrected chi connectivity index (χ4v) is 3.48. The summed E-state index contributed by atoms with van der Waals surface area (Å²) in [5, 5.41) is 3.04. The van der Waals surface area contributed by atoms with E-state index in [4.69, 9.17) is 4.74 Å². The molecule has 2 amide bonds. The SMILES string of the molecule is CC(Oc1ccc(F)c(F)c1)C(=O)N1CCCC(N2CCNCC2=O)C1.Cl. The van der Waals surface area contributed by atoms with Gasteiger partial charge in [0.25, 0.3) is 5.91 Å². The van der Waals surface area contributed by atoms with E-state index < -0.39 is 17.7 Å². The maximum atomic E-state index is 13.3. The van der Waals surface area contributed by atoms with Gasteiger partial charge in [-0.3, -0.25) is 9.59 Å². The van der Waals surface area contributed by atoms with Gasteiger partial charge in [0.05, 0.1) is 6.54 Å². The molecule has 0 aromatic heterocycles. The minimum atomic E-state index is -1.02. The number of piperidine rings is 1. The predicted octanol–water partition coefficient (Wildman–Crippen LogP) is 1.58.